The van der Waals surface area contributed by atoms with Crippen molar-refractivity contribution in [1.29, 1.82) is 0 Å². The lowest BCUT2D eigenvalue weighted by Gasteiger charge is -2.16. The molecule has 15 heavy (non-hydrogen) atoms. The first-order chi connectivity index (χ1) is 7.11. The first-order valence-corrected chi connectivity index (χ1v) is 5.92. The van der Waals surface area contributed by atoms with Crippen molar-refractivity contribution in [2.24, 2.45) is 5.92 Å². The van der Waals surface area contributed by atoms with Gasteiger partial charge in [-0.1, -0.05) is 32.6 Å². The fraction of sp³-hybridized carbons (Fsp3) is 0.917. The Balaban J connectivity index is 3.68. The van der Waals surface area contributed by atoms with Crippen LogP contribution in [0.4, 0.5) is 0 Å². The average Bonchev–Trinajstić information content (AvgIpc) is 2.22. The van der Waals surface area contributed by atoms with Gasteiger partial charge in [-0.25, -0.2) is 0 Å². The van der Waals surface area contributed by atoms with E-state index in [4.69, 9.17) is 5.11 Å². The fourth-order valence-electron chi connectivity index (χ4n) is 1.55. The molecule has 0 radical (unpaired) electrons. The third-order valence-corrected chi connectivity index (χ3v) is 2.69. The van der Waals surface area contributed by atoms with Gasteiger partial charge in [-0.05, 0) is 12.3 Å². The number of carbonyl (C=O) groups is 1. The van der Waals surface area contributed by atoms with E-state index in [2.05, 4.69) is 6.92 Å². The molecule has 0 aromatic rings. The fourth-order valence-corrected chi connectivity index (χ4v) is 1.55. The van der Waals surface area contributed by atoms with Gasteiger partial charge in [0.15, 0.2) is 0 Å². The third kappa shape index (κ3) is 7.37. The van der Waals surface area contributed by atoms with Crippen molar-refractivity contribution in [1.82, 2.24) is 4.90 Å². The topological polar surface area (TPSA) is 40.5 Å². The zero-order valence-electron chi connectivity index (χ0n) is 10.3. The van der Waals surface area contributed by atoms with E-state index in [1.54, 1.807) is 19.0 Å². The van der Waals surface area contributed by atoms with Crippen molar-refractivity contribution < 1.29 is 9.90 Å². The Bertz CT molecular complexity index is 169. The number of hydrogen-bond acceptors (Lipinski definition) is 2. The van der Waals surface area contributed by atoms with Crippen LogP contribution in [-0.4, -0.2) is 36.6 Å². The molecule has 0 rings (SSSR count). The molecule has 1 amide bonds. The summed E-state index contributed by atoms with van der Waals surface area (Å²) in [6.07, 6.45) is 6.26. The van der Waals surface area contributed by atoms with E-state index in [0.29, 0.717) is 6.42 Å². The van der Waals surface area contributed by atoms with Crippen LogP contribution in [0.25, 0.3) is 0 Å². The van der Waals surface area contributed by atoms with Crippen LogP contribution in [0.3, 0.4) is 0 Å². The van der Waals surface area contributed by atoms with Crippen molar-refractivity contribution in [3.8, 4) is 0 Å². The van der Waals surface area contributed by atoms with Crippen molar-refractivity contribution in [2.75, 3.05) is 20.7 Å². The number of nitrogens with zero attached hydrogens (tertiary/aromatic N) is 1. The van der Waals surface area contributed by atoms with E-state index >= 15 is 0 Å². The predicted molar refractivity (Wildman–Crippen MR) is 62.6 cm³/mol. The number of unbranched alkanes of at least 4 members (excludes halogenated alkanes) is 3. The summed E-state index contributed by atoms with van der Waals surface area (Å²) < 4.78 is 0. The van der Waals surface area contributed by atoms with E-state index in [1.807, 2.05) is 0 Å². The van der Waals surface area contributed by atoms with Gasteiger partial charge in [0.2, 0.25) is 5.91 Å². The van der Waals surface area contributed by atoms with Gasteiger partial charge < -0.3 is 10.0 Å². The molecule has 3 heteroatoms. The van der Waals surface area contributed by atoms with Gasteiger partial charge in [0.05, 0.1) is 0 Å². The van der Waals surface area contributed by atoms with Gasteiger partial charge >= 0.3 is 0 Å². The number of aliphatic hydroxyl groups excluding tert-OH is 1. The van der Waals surface area contributed by atoms with E-state index in [0.717, 1.165) is 12.8 Å². The van der Waals surface area contributed by atoms with Crippen LogP contribution in [0, 0.1) is 5.92 Å². The summed E-state index contributed by atoms with van der Waals surface area (Å²) >= 11 is 0. The minimum absolute atomic E-state index is 0.115. The summed E-state index contributed by atoms with van der Waals surface area (Å²) in [5.41, 5.74) is 0. The Morgan fingerprint density at radius 1 is 1.27 bits per heavy atom. The van der Waals surface area contributed by atoms with Gasteiger partial charge in [0.1, 0.15) is 0 Å². The van der Waals surface area contributed by atoms with Crippen molar-refractivity contribution in [3.05, 3.63) is 0 Å². The lowest BCUT2D eigenvalue weighted by molar-refractivity contribution is -0.130. The van der Waals surface area contributed by atoms with Gasteiger partial charge in [0, 0.05) is 27.1 Å². The molecule has 0 saturated heterocycles. The minimum Gasteiger partial charge on any atom is -0.396 e. The number of carbonyl (C=O) groups excluding carboxylic acids is 1. The Labute approximate surface area is 93.5 Å². The molecular formula is C12H25NO2. The van der Waals surface area contributed by atoms with Crippen molar-refractivity contribution in [2.45, 2.75) is 45.4 Å². The number of rotatable bonds is 8. The normalized spacial score (nSPS) is 12.5. The highest BCUT2D eigenvalue weighted by Gasteiger charge is 2.13. The van der Waals surface area contributed by atoms with Crippen molar-refractivity contribution >= 4 is 5.91 Å². The lowest BCUT2D eigenvalue weighted by Crippen LogP contribution is -2.25. The Morgan fingerprint density at radius 2 is 1.93 bits per heavy atom. The lowest BCUT2D eigenvalue weighted by atomic mass is 9.98. The van der Waals surface area contributed by atoms with Crippen LogP contribution in [0.2, 0.25) is 0 Å². The van der Waals surface area contributed by atoms with Crippen LogP contribution >= 0.6 is 0 Å². The standard InChI is InChI=1S/C12H25NO2/c1-4-5-6-7-8-11(10-14)9-12(15)13(2)3/h11,14H,4-10H2,1-3H3/t11-/m1/s1. The molecular weight excluding hydrogens is 190 g/mol. The second-order valence-electron chi connectivity index (χ2n) is 4.39. The quantitative estimate of drug-likeness (QED) is 0.629. The molecule has 0 unspecified atom stereocenters. The van der Waals surface area contributed by atoms with Gasteiger partial charge in [0.25, 0.3) is 0 Å². The molecule has 1 N–H and O–H groups in total. The third-order valence-electron chi connectivity index (χ3n) is 2.69. The van der Waals surface area contributed by atoms with Crippen LogP contribution in [-0.2, 0) is 4.79 Å². The molecule has 0 spiro atoms. The number of amides is 1. The van der Waals surface area contributed by atoms with Gasteiger partial charge in [-0.15, -0.1) is 0 Å². The molecule has 1 atom stereocenters. The average molecular weight is 215 g/mol. The highest BCUT2D eigenvalue weighted by molar-refractivity contribution is 5.75. The van der Waals surface area contributed by atoms with E-state index in [1.165, 1.54) is 19.3 Å². The summed E-state index contributed by atoms with van der Waals surface area (Å²) in [5.74, 6) is 0.265. The SMILES string of the molecule is CCCCCC[C@@H](CO)CC(=O)N(C)C. The second kappa shape index (κ2) is 8.72. The van der Waals surface area contributed by atoms with Gasteiger partial charge in [-0.2, -0.15) is 0 Å². The summed E-state index contributed by atoms with van der Waals surface area (Å²) in [4.78, 5) is 13.0. The Kier molecular flexibility index (Phi) is 8.38. The first kappa shape index (κ1) is 14.4. The van der Waals surface area contributed by atoms with Gasteiger partial charge in [-0.3, -0.25) is 4.79 Å². The maximum Gasteiger partial charge on any atom is 0.222 e. The van der Waals surface area contributed by atoms with Crippen LogP contribution in [0.5, 0.6) is 0 Å². The van der Waals surface area contributed by atoms with E-state index < -0.39 is 0 Å². The molecule has 0 aliphatic heterocycles. The zero-order valence-corrected chi connectivity index (χ0v) is 10.3. The Morgan fingerprint density at radius 3 is 2.40 bits per heavy atom. The minimum atomic E-state index is 0.115. The van der Waals surface area contributed by atoms with Crippen LogP contribution in [0.1, 0.15) is 45.4 Å². The second-order valence-corrected chi connectivity index (χ2v) is 4.39. The molecule has 0 bridgehead atoms. The Hall–Kier alpha value is -0.570. The molecule has 0 aliphatic rings. The van der Waals surface area contributed by atoms with E-state index in [9.17, 15) is 4.79 Å². The summed E-state index contributed by atoms with van der Waals surface area (Å²) in [6.45, 7) is 2.31. The molecule has 0 aliphatic carbocycles. The molecule has 0 fully saturated rings. The summed E-state index contributed by atoms with van der Waals surface area (Å²) in [5, 5.41) is 9.14. The molecule has 0 aromatic carbocycles. The smallest absolute Gasteiger partial charge is 0.222 e. The summed E-state index contributed by atoms with van der Waals surface area (Å²) in [7, 11) is 3.52. The zero-order chi connectivity index (χ0) is 11.7. The van der Waals surface area contributed by atoms with Crippen LogP contribution in [0.15, 0.2) is 0 Å². The molecule has 0 saturated carbocycles. The predicted octanol–water partition coefficient (Wildman–Crippen LogP) is 2.04. The number of aliphatic hydroxyl groups is 1. The highest BCUT2D eigenvalue weighted by atomic mass is 16.3. The molecule has 90 valence electrons. The number of hydrogen-bond donors (Lipinski definition) is 1. The maximum atomic E-state index is 11.4. The highest BCUT2D eigenvalue weighted by Crippen LogP contribution is 2.14. The van der Waals surface area contributed by atoms with E-state index in [-0.39, 0.29) is 18.4 Å². The molecule has 0 aromatic heterocycles. The molecule has 3 nitrogen and oxygen atoms in total. The first-order valence-electron chi connectivity index (χ1n) is 5.92. The summed E-state index contributed by atoms with van der Waals surface area (Å²) in [6, 6.07) is 0. The van der Waals surface area contributed by atoms with Crippen molar-refractivity contribution in [3.63, 3.8) is 0 Å². The molecule has 0 heterocycles. The monoisotopic (exact) mass is 215 g/mol. The maximum absolute atomic E-state index is 11.4. The largest absolute Gasteiger partial charge is 0.396 e. The van der Waals surface area contributed by atoms with Crippen LogP contribution < -0.4 is 0 Å².